The van der Waals surface area contributed by atoms with Crippen LogP contribution < -0.4 is 5.32 Å². The highest BCUT2D eigenvalue weighted by Gasteiger charge is 2.19. The highest BCUT2D eigenvalue weighted by molar-refractivity contribution is 5.92. The maximum Gasteiger partial charge on any atom is 0.302 e. The van der Waals surface area contributed by atoms with E-state index in [4.69, 9.17) is 9.47 Å². The number of rotatable bonds is 6. The van der Waals surface area contributed by atoms with Gasteiger partial charge in [-0.3, -0.25) is 9.59 Å². The summed E-state index contributed by atoms with van der Waals surface area (Å²) < 4.78 is 10.5. The third kappa shape index (κ3) is 4.70. The van der Waals surface area contributed by atoms with Gasteiger partial charge in [0.2, 0.25) is 5.91 Å². The van der Waals surface area contributed by atoms with E-state index in [9.17, 15) is 9.59 Å². The molecule has 0 saturated heterocycles. The zero-order valence-electron chi connectivity index (χ0n) is 12.8. The van der Waals surface area contributed by atoms with Gasteiger partial charge in [-0.1, -0.05) is 30.8 Å². The zero-order chi connectivity index (χ0) is 15.9. The number of carbonyl (C=O) groups is 2. The summed E-state index contributed by atoms with van der Waals surface area (Å²) in [6.07, 6.45) is 1.09. The van der Waals surface area contributed by atoms with Gasteiger partial charge in [0.05, 0.1) is 19.3 Å². The number of fused-ring (bicyclic) bond motifs is 1. The fourth-order valence-corrected chi connectivity index (χ4v) is 2.30. The Hall–Kier alpha value is -2.14. The van der Waals surface area contributed by atoms with Gasteiger partial charge in [0, 0.05) is 31.9 Å². The molecule has 0 radical (unpaired) electrons. The lowest BCUT2D eigenvalue weighted by Crippen LogP contribution is -2.37. The molecule has 22 heavy (non-hydrogen) atoms. The van der Waals surface area contributed by atoms with Crippen molar-refractivity contribution in [3.8, 4) is 0 Å². The lowest BCUT2D eigenvalue weighted by molar-refractivity contribution is -0.141. The molecule has 2 rings (SSSR count). The summed E-state index contributed by atoms with van der Waals surface area (Å²) >= 11 is 0. The van der Waals surface area contributed by atoms with Crippen LogP contribution in [0.4, 0.5) is 0 Å². The molecule has 1 aliphatic rings. The molecule has 5 heteroatoms. The van der Waals surface area contributed by atoms with Crippen LogP contribution in [0.1, 0.15) is 24.5 Å². The molecule has 1 aliphatic heterocycles. The predicted octanol–water partition coefficient (Wildman–Crippen LogP) is 1.75. The van der Waals surface area contributed by atoms with Gasteiger partial charge in [-0.25, -0.2) is 0 Å². The van der Waals surface area contributed by atoms with Crippen LogP contribution >= 0.6 is 0 Å². The van der Waals surface area contributed by atoms with E-state index in [-0.39, 0.29) is 24.6 Å². The fraction of sp³-hybridized carbons (Fsp3) is 0.412. The molecule has 0 bridgehead atoms. The first-order valence-electron chi connectivity index (χ1n) is 7.34. The largest absolute Gasteiger partial charge is 0.466 e. The summed E-state index contributed by atoms with van der Waals surface area (Å²) in [6, 6.07) is 8.15. The molecule has 1 aromatic carbocycles. The molecule has 0 unspecified atom stereocenters. The number of nitrogens with one attached hydrogen (secondary N) is 1. The van der Waals surface area contributed by atoms with Gasteiger partial charge in [-0.15, -0.1) is 0 Å². The molecule has 118 valence electrons. The predicted molar refractivity (Wildman–Crippen MR) is 82.1 cm³/mol. The molecule has 0 spiro atoms. The molecule has 1 amide bonds. The second-order valence-corrected chi connectivity index (χ2v) is 5.31. The van der Waals surface area contributed by atoms with E-state index in [0.717, 1.165) is 6.42 Å². The summed E-state index contributed by atoms with van der Waals surface area (Å²) in [5.41, 5.74) is 2.87. The second kappa shape index (κ2) is 7.75. The van der Waals surface area contributed by atoms with Crippen molar-refractivity contribution in [2.75, 3.05) is 13.2 Å². The highest BCUT2D eigenvalue weighted by atomic mass is 16.5. The van der Waals surface area contributed by atoms with E-state index < -0.39 is 0 Å². The SMILES string of the molecule is C=C(CCOC(C)=O)C(=O)NC[C@H]1Cc2ccccc2CO1. The molecule has 0 saturated carbocycles. The number of benzene rings is 1. The standard InChI is InChI=1S/C17H21NO4/c1-12(7-8-21-13(2)19)17(20)18-10-16-9-14-5-3-4-6-15(14)11-22-16/h3-6,16H,1,7-11H2,2H3,(H,18,20)/t16-/m1/s1. The first kappa shape index (κ1) is 16.2. The Kier molecular flexibility index (Phi) is 5.72. The number of amides is 1. The number of hydrogen-bond donors (Lipinski definition) is 1. The third-order valence-electron chi connectivity index (χ3n) is 3.56. The van der Waals surface area contributed by atoms with E-state index in [1.54, 1.807) is 0 Å². The van der Waals surface area contributed by atoms with Gasteiger partial charge < -0.3 is 14.8 Å². The Bertz CT molecular complexity index is 568. The Morgan fingerprint density at radius 3 is 2.82 bits per heavy atom. The zero-order valence-corrected chi connectivity index (χ0v) is 12.8. The average Bonchev–Trinajstić information content (AvgIpc) is 2.51. The van der Waals surface area contributed by atoms with Crippen LogP contribution in [0.5, 0.6) is 0 Å². The molecule has 1 aromatic rings. The van der Waals surface area contributed by atoms with Gasteiger partial charge >= 0.3 is 5.97 Å². The topological polar surface area (TPSA) is 64.6 Å². The fourth-order valence-electron chi connectivity index (χ4n) is 2.30. The highest BCUT2D eigenvalue weighted by Crippen LogP contribution is 2.19. The van der Waals surface area contributed by atoms with Crippen LogP contribution in [0.15, 0.2) is 36.4 Å². The van der Waals surface area contributed by atoms with Gasteiger partial charge in [-0.05, 0) is 11.1 Å². The van der Waals surface area contributed by atoms with Crippen LogP contribution in [-0.2, 0) is 32.1 Å². The van der Waals surface area contributed by atoms with E-state index in [0.29, 0.717) is 25.1 Å². The third-order valence-corrected chi connectivity index (χ3v) is 3.56. The molecule has 1 N–H and O–H groups in total. The molecule has 0 fully saturated rings. The van der Waals surface area contributed by atoms with Crippen LogP contribution in [0.3, 0.4) is 0 Å². The van der Waals surface area contributed by atoms with Crippen molar-refractivity contribution >= 4 is 11.9 Å². The van der Waals surface area contributed by atoms with Gasteiger partial charge in [-0.2, -0.15) is 0 Å². The Balaban J connectivity index is 1.73. The average molecular weight is 303 g/mol. The van der Waals surface area contributed by atoms with Crippen molar-refractivity contribution in [2.24, 2.45) is 0 Å². The quantitative estimate of drug-likeness (QED) is 0.642. The molecule has 1 heterocycles. The summed E-state index contributed by atoms with van der Waals surface area (Å²) in [5, 5.41) is 2.82. The van der Waals surface area contributed by atoms with E-state index in [1.807, 2.05) is 12.1 Å². The van der Waals surface area contributed by atoms with Crippen LogP contribution in [0.2, 0.25) is 0 Å². The maximum atomic E-state index is 11.9. The van der Waals surface area contributed by atoms with E-state index in [1.165, 1.54) is 18.1 Å². The van der Waals surface area contributed by atoms with Crippen molar-refractivity contribution in [3.63, 3.8) is 0 Å². The van der Waals surface area contributed by atoms with Crippen molar-refractivity contribution in [1.29, 1.82) is 0 Å². The normalized spacial score (nSPS) is 16.5. The van der Waals surface area contributed by atoms with Gasteiger partial charge in [0.15, 0.2) is 0 Å². The molecule has 0 aliphatic carbocycles. The van der Waals surface area contributed by atoms with E-state index in [2.05, 4.69) is 24.0 Å². The summed E-state index contributed by atoms with van der Waals surface area (Å²) in [4.78, 5) is 22.6. The Morgan fingerprint density at radius 1 is 1.36 bits per heavy atom. The van der Waals surface area contributed by atoms with Crippen molar-refractivity contribution in [1.82, 2.24) is 5.32 Å². The lowest BCUT2D eigenvalue weighted by Gasteiger charge is -2.25. The number of esters is 1. The van der Waals surface area contributed by atoms with E-state index >= 15 is 0 Å². The minimum Gasteiger partial charge on any atom is -0.466 e. The minimum atomic E-state index is -0.359. The molecule has 5 nitrogen and oxygen atoms in total. The Morgan fingerprint density at radius 2 is 2.09 bits per heavy atom. The summed E-state index contributed by atoms with van der Waals surface area (Å²) in [7, 11) is 0. The van der Waals surface area contributed by atoms with Gasteiger partial charge in [0.25, 0.3) is 0 Å². The van der Waals surface area contributed by atoms with Crippen molar-refractivity contribution < 1.29 is 19.1 Å². The van der Waals surface area contributed by atoms with Crippen LogP contribution in [-0.4, -0.2) is 31.1 Å². The number of carbonyl (C=O) groups excluding carboxylic acids is 2. The molecule has 1 atom stereocenters. The smallest absolute Gasteiger partial charge is 0.302 e. The van der Waals surface area contributed by atoms with Crippen molar-refractivity contribution in [3.05, 3.63) is 47.5 Å². The summed E-state index contributed by atoms with van der Waals surface area (Å²) in [6.45, 7) is 6.23. The molecular formula is C17H21NO4. The van der Waals surface area contributed by atoms with Crippen molar-refractivity contribution in [2.45, 2.75) is 32.5 Å². The lowest BCUT2D eigenvalue weighted by atomic mass is 9.99. The maximum absolute atomic E-state index is 11.9. The minimum absolute atomic E-state index is 0.0277. The number of hydrogen-bond acceptors (Lipinski definition) is 4. The summed E-state index contributed by atoms with van der Waals surface area (Å²) in [5.74, 6) is -0.586. The first-order chi connectivity index (χ1) is 10.6. The molecule has 0 aromatic heterocycles. The first-order valence-corrected chi connectivity index (χ1v) is 7.34. The van der Waals surface area contributed by atoms with Crippen LogP contribution in [0.25, 0.3) is 0 Å². The van der Waals surface area contributed by atoms with Crippen LogP contribution in [0, 0.1) is 0 Å². The number of ether oxygens (including phenoxy) is 2. The van der Waals surface area contributed by atoms with Gasteiger partial charge in [0.1, 0.15) is 0 Å². The Labute approximate surface area is 130 Å². The monoisotopic (exact) mass is 303 g/mol. The second-order valence-electron chi connectivity index (χ2n) is 5.31. The molecular weight excluding hydrogens is 282 g/mol.